The average molecular weight is 714 g/mol. The molecule has 11 rings (SSSR count). The Labute approximate surface area is 323 Å². The van der Waals surface area contributed by atoms with Crippen LogP contribution >= 0.6 is 0 Å². The zero-order valence-electron chi connectivity index (χ0n) is 30.1. The molecule has 3 aromatic heterocycles. The number of para-hydroxylation sites is 3. The van der Waals surface area contributed by atoms with E-state index in [1.165, 1.54) is 21.8 Å². The highest BCUT2D eigenvalue weighted by molar-refractivity contribution is 6.12. The molecule has 0 spiro atoms. The molecule has 0 radical (unpaired) electrons. The van der Waals surface area contributed by atoms with Gasteiger partial charge in [-0.05, 0) is 66.2 Å². The van der Waals surface area contributed by atoms with Crippen molar-refractivity contribution in [2.75, 3.05) is 0 Å². The van der Waals surface area contributed by atoms with Gasteiger partial charge in [-0.2, -0.15) is 0 Å². The van der Waals surface area contributed by atoms with E-state index in [1.54, 1.807) is 0 Å². The van der Waals surface area contributed by atoms with Crippen LogP contribution < -0.4 is 0 Å². The number of benzene rings is 7. The summed E-state index contributed by atoms with van der Waals surface area (Å²) in [5.74, 6) is 1.88. The summed E-state index contributed by atoms with van der Waals surface area (Å²) in [5, 5.41) is 4.70. The number of aromatic nitrogens is 5. The maximum absolute atomic E-state index is 5.00. The van der Waals surface area contributed by atoms with E-state index in [-0.39, 0.29) is 0 Å². The van der Waals surface area contributed by atoms with Gasteiger partial charge in [-0.25, -0.2) is 15.0 Å². The zero-order valence-corrected chi connectivity index (χ0v) is 30.1. The molecule has 8 aromatic carbocycles. The van der Waals surface area contributed by atoms with Crippen molar-refractivity contribution in [3.8, 4) is 56.7 Å². The first-order chi connectivity index (χ1) is 27.8. The van der Waals surface area contributed by atoms with E-state index >= 15 is 0 Å². The van der Waals surface area contributed by atoms with Crippen molar-refractivity contribution in [1.82, 2.24) is 24.1 Å². The topological polar surface area (TPSA) is 48.5 Å². The number of rotatable bonds is 6. The summed E-state index contributed by atoms with van der Waals surface area (Å²) in [6, 6.07) is 72.5. The van der Waals surface area contributed by atoms with Gasteiger partial charge in [0.25, 0.3) is 0 Å². The second-order valence-electron chi connectivity index (χ2n) is 13.9. The van der Waals surface area contributed by atoms with Crippen LogP contribution in [0.15, 0.2) is 188 Å². The summed E-state index contributed by atoms with van der Waals surface area (Å²) in [7, 11) is 0. The summed E-state index contributed by atoms with van der Waals surface area (Å²) in [6.45, 7) is 0. The van der Waals surface area contributed by atoms with E-state index < -0.39 is 0 Å². The Morgan fingerprint density at radius 1 is 0.321 bits per heavy atom. The van der Waals surface area contributed by atoms with Crippen LogP contribution in [-0.2, 0) is 0 Å². The summed E-state index contributed by atoms with van der Waals surface area (Å²) in [5.41, 5.74) is 11.4. The van der Waals surface area contributed by atoms with E-state index in [2.05, 4.69) is 149 Å². The van der Waals surface area contributed by atoms with E-state index in [0.29, 0.717) is 17.5 Å². The molecule has 0 amide bonds. The van der Waals surface area contributed by atoms with Gasteiger partial charge in [-0.15, -0.1) is 0 Å². The highest BCUT2D eigenvalue weighted by Crippen LogP contribution is 2.37. The molecule has 3 heterocycles. The summed E-state index contributed by atoms with van der Waals surface area (Å²) in [6.07, 6.45) is 0. The Hall–Kier alpha value is -7.81. The molecule has 56 heavy (non-hydrogen) atoms. The number of nitrogens with zero attached hydrogens (tertiary/aromatic N) is 5. The maximum atomic E-state index is 5.00. The molecule has 0 fully saturated rings. The minimum atomic E-state index is 0.613. The van der Waals surface area contributed by atoms with E-state index in [4.69, 9.17) is 15.0 Å². The standard InChI is InChI=1S/C51H31N5/c1-4-15-34(16-5-1)49-52-50(35-17-6-2-7-18-35)54-51(53-49)38-19-14-22-40(31-38)56-46-26-13-11-24-42(46)44-33-37(28-30-48(44)56)36-27-29-47-43(32-36)41-23-10-12-25-45(41)55(47)39-20-8-3-9-21-39/h1-27,29,31-33H. The molecule has 0 saturated carbocycles. The minimum absolute atomic E-state index is 0.613. The van der Waals surface area contributed by atoms with Crippen LogP contribution in [0.5, 0.6) is 0 Å². The lowest BCUT2D eigenvalue weighted by atomic mass is 10.0. The predicted molar refractivity (Wildman–Crippen MR) is 228 cm³/mol. The normalized spacial score (nSPS) is 11.4. The Kier molecular flexibility index (Phi) is 7.33. The van der Waals surface area contributed by atoms with Gasteiger partial charge in [0.15, 0.2) is 17.5 Å². The van der Waals surface area contributed by atoms with Crippen LogP contribution in [0.25, 0.3) is 100 Å². The van der Waals surface area contributed by atoms with Gasteiger partial charge >= 0.3 is 0 Å². The molecule has 5 nitrogen and oxygen atoms in total. The van der Waals surface area contributed by atoms with Crippen LogP contribution in [0, 0.1) is 12.1 Å². The van der Waals surface area contributed by atoms with Gasteiger partial charge in [0, 0.05) is 55.2 Å². The average Bonchev–Trinajstić information content (AvgIpc) is 3.79. The van der Waals surface area contributed by atoms with Crippen molar-refractivity contribution in [3.05, 3.63) is 200 Å². The predicted octanol–water partition coefficient (Wildman–Crippen LogP) is 12.3. The van der Waals surface area contributed by atoms with Gasteiger partial charge in [-0.3, -0.25) is 0 Å². The second kappa shape index (κ2) is 12.9. The molecule has 11 aromatic rings. The first-order valence-corrected chi connectivity index (χ1v) is 18.7. The fourth-order valence-electron chi connectivity index (χ4n) is 7.98. The summed E-state index contributed by atoms with van der Waals surface area (Å²) >= 11 is 0. The second-order valence-corrected chi connectivity index (χ2v) is 13.9. The Morgan fingerprint density at radius 3 is 1.52 bits per heavy atom. The van der Waals surface area contributed by atoms with Crippen LogP contribution in [-0.4, -0.2) is 24.1 Å². The van der Waals surface area contributed by atoms with Crippen LogP contribution in [0.3, 0.4) is 0 Å². The molecule has 0 unspecified atom stereocenters. The zero-order chi connectivity index (χ0) is 37.0. The molecule has 0 N–H and O–H groups in total. The maximum Gasteiger partial charge on any atom is 0.164 e. The van der Waals surface area contributed by atoms with Crippen molar-refractivity contribution in [1.29, 1.82) is 0 Å². The lowest BCUT2D eigenvalue weighted by Gasteiger charge is -2.11. The van der Waals surface area contributed by atoms with Crippen LogP contribution in [0.4, 0.5) is 0 Å². The molecule has 260 valence electrons. The fourth-order valence-corrected chi connectivity index (χ4v) is 7.98. The van der Waals surface area contributed by atoms with Gasteiger partial charge in [0.1, 0.15) is 5.52 Å². The fraction of sp³-hybridized carbons (Fsp3) is 0. The number of fused-ring (bicyclic) bond motifs is 6. The minimum Gasteiger partial charge on any atom is -0.309 e. The van der Waals surface area contributed by atoms with Crippen molar-refractivity contribution in [2.24, 2.45) is 0 Å². The van der Waals surface area contributed by atoms with Crippen LogP contribution in [0.1, 0.15) is 0 Å². The van der Waals surface area contributed by atoms with Crippen molar-refractivity contribution >= 4 is 43.6 Å². The SMILES string of the molecule is c1c(-c2ccc3c(c2)c2ccccc2n3-c2ccccc2)cc2c3ccccc3n(-c3cccc(-c4nc(-c5ccccc5)nc(-c5ccccc5)n4)c3)c2c#1. The molecule has 0 aliphatic heterocycles. The molecule has 0 saturated heterocycles. The van der Waals surface area contributed by atoms with Gasteiger partial charge in [-0.1, -0.05) is 140 Å². The van der Waals surface area contributed by atoms with Gasteiger partial charge in [0.2, 0.25) is 0 Å². The lowest BCUT2D eigenvalue weighted by molar-refractivity contribution is 1.07. The lowest BCUT2D eigenvalue weighted by Crippen LogP contribution is -2.01. The Bertz CT molecular complexity index is 3180. The molecule has 0 aliphatic rings. The highest BCUT2D eigenvalue weighted by Gasteiger charge is 2.18. The quantitative estimate of drug-likeness (QED) is 0.172. The van der Waals surface area contributed by atoms with Crippen molar-refractivity contribution < 1.29 is 0 Å². The highest BCUT2D eigenvalue weighted by atomic mass is 15.0. The smallest absolute Gasteiger partial charge is 0.164 e. The third-order valence-corrected chi connectivity index (χ3v) is 10.6. The molecule has 0 bridgehead atoms. The van der Waals surface area contributed by atoms with Crippen LogP contribution in [0.2, 0.25) is 0 Å². The third kappa shape index (κ3) is 5.24. The summed E-state index contributed by atoms with van der Waals surface area (Å²) in [4.78, 5) is 14.9. The number of hydrogen-bond acceptors (Lipinski definition) is 3. The molecule has 0 atom stereocenters. The van der Waals surface area contributed by atoms with E-state index in [0.717, 1.165) is 61.0 Å². The molecule has 0 aliphatic carbocycles. The third-order valence-electron chi connectivity index (χ3n) is 10.6. The van der Waals surface area contributed by atoms with Gasteiger partial charge < -0.3 is 9.13 Å². The summed E-state index contributed by atoms with van der Waals surface area (Å²) < 4.78 is 4.61. The van der Waals surface area contributed by atoms with E-state index in [9.17, 15) is 0 Å². The number of hydrogen-bond donors (Lipinski definition) is 0. The van der Waals surface area contributed by atoms with Crippen molar-refractivity contribution in [2.45, 2.75) is 0 Å². The molecule has 5 heteroatoms. The molecular weight excluding hydrogens is 683 g/mol. The van der Waals surface area contributed by atoms with E-state index in [1.807, 2.05) is 60.7 Å². The molecular formula is C51H31N5. The Balaban J connectivity index is 1.05. The first-order valence-electron chi connectivity index (χ1n) is 18.7. The van der Waals surface area contributed by atoms with Gasteiger partial charge in [0.05, 0.1) is 16.6 Å². The Morgan fingerprint density at radius 2 is 0.839 bits per heavy atom. The largest absolute Gasteiger partial charge is 0.309 e. The van der Waals surface area contributed by atoms with Crippen molar-refractivity contribution in [3.63, 3.8) is 0 Å². The monoisotopic (exact) mass is 713 g/mol. The first kappa shape index (κ1) is 31.7.